The predicted octanol–water partition coefficient (Wildman–Crippen LogP) is 0.873. The van der Waals surface area contributed by atoms with Gasteiger partial charge in [0.05, 0.1) is 13.1 Å². The van der Waals surface area contributed by atoms with Gasteiger partial charge in [-0.2, -0.15) is 4.31 Å². The van der Waals surface area contributed by atoms with Crippen LogP contribution in [0, 0.1) is 0 Å². The number of hydrogen-bond acceptors (Lipinski definition) is 5. The highest BCUT2D eigenvalue weighted by atomic mass is 35.5. The van der Waals surface area contributed by atoms with Gasteiger partial charge in [0.15, 0.2) is 0 Å². The van der Waals surface area contributed by atoms with E-state index in [1.165, 1.54) is 4.90 Å². The zero-order chi connectivity index (χ0) is 17.5. The molecule has 0 atom stereocenters. The lowest BCUT2D eigenvalue weighted by atomic mass is 10.3. The lowest BCUT2D eigenvalue weighted by Crippen LogP contribution is -2.53. The molecule has 0 spiro atoms. The zero-order valence-corrected chi connectivity index (χ0v) is 14.8. The summed E-state index contributed by atoms with van der Waals surface area (Å²) in [5.74, 6) is -1.06. The summed E-state index contributed by atoms with van der Waals surface area (Å²) in [6.07, 6.45) is 0. The fourth-order valence-corrected chi connectivity index (χ4v) is 5.69. The SMILES string of the molecule is NC(=O)CN1CCN(S(=O)(=O)c2cc3ccc(Cl)cc3s2)CC1=O. The van der Waals surface area contributed by atoms with Crippen molar-refractivity contribution in [2.75, 3.05) is 26.2 Å². The van der Waals surface area contributed by atoms with Gasteiger partial charge in [0, 0.05) is 22.8 Å². The van der Waals surface area contributed by atoms with Gasteiger partial charge in [-0.15, -0.1) is 11.3 Å². The molecule has 1 aromatic carbocycles. The van der Waals surface area contributed by atoms with Gasteiger partial charge in [-0.05, 0) is 23.6 Å². The molecule has 2 N–H and O–H groups in total. The van der Waals surface area contributed by atoms with Crippen LogP contribution in [0.25, 0.3) is 10.1 Å². The number of nitrogens with two attached hydrogens (primary N) is 1. The van der Waals surface area contributed by atoms with Gasteiger partial charge in [-0.1, -0.05) is 17.7 Å². The van der Waals surface area contributed by atoms with Crippen molar-refractivity contribution >= 4 is 54.9 Å². The Kier molecular flexibility index (Phi) is 4.52. The van der Waals surface area contributed by atoms with Crippen molar-refractivity contribution in [3.8, 4) is 0 Å². The monoisotopic (exact) mass is 387 g/mol. The van der Waals surface area contributed by atoms with E-state index in [0.29, 0.717) is 5.02 Å². The molecule has 0 saturated carbocycles. The van der Waals surface area contributed by atoms with Gasteiger partial charge in [-0.3, -0.25) is 9.59 Å². The molecular weight excluding hydrogens is 374 g/mol. The number of amides is 2. The van der Waals surface area contributed by atoms with Crippen molar-refractivity contribution in [2.45, 2.75) is 4.21 Å². The molecule has 2 amide bonds. The second-order valence-corrected chi connectivity index (χ2v) is 9.05. The van der Waals surface area contributed by atoms with Crippen LogP contribution in [0.2, 0.25) is 5.02 Å². The fourth-order valence-electron chi connectivity index (χ4n) is 2.48. The van der Waals surface area contributed by atoms with Gasteiger partial charge in [0.25, 0.3) is 10.0 Å². The number of thiophene rings is 1. The molecule has 2 aromatic rings. The minimum atomic E-state index is -3.78. The minimum absolute atomic E-state index is 0.121. The predicted molar refractivity (Wildman–Crippen MR) is 91.4 cm³/mol. The Morgan fingerprint density at radius 1 is 1.29 bits per heavy atom. The van der Waals surface area contributed by atoms with Crippen molar-refractivity contribution in [2.24, 2.45) is 5.73 Å². The third kappa shape index (κ3) is 3.25. The Morgan fingerprint density at radius 3 is 2.71 bits per heavy atom. The van der Waals surface area contributed by atoms with E-state index in [2.05, 4.69) is 0 Å². The number of halogens is 1. The van der Waals surface area contributed by atoms with Crippen LogP contribution in [-0.4, -0.2) is 55.6 Å². The summed E-state index contributed by atoms with van der Waals surface area (Å²) in [6, 6.07) is 6.73. The molecule has 1 aromatic heterocycles. The number of carbonyl (C=O) groups excluding carboxylic acids is 2. The van der Waals surface area contributed by atoms with Crippen LogP contribution in [-0.2, 0) is 19.6 Å². The maximum absolute atomic E-state index is 12.8. The zero-order valence-electron chi connectivity index (χ0n) is 12.4. The molecule has 24 heavy (non-hydrogen) atoms. The van der Waals surface area contributed by atoms with Gasteiger partial charge in [0.1, 0.15) is 4.21 Å². The third-order valence-corrected chi connectivity index (χ3v) is 7.31. The normalized spacial score (nSPS) is 16.7. The largest absolute Gasteiger partial charge is 0.368 e. The molecule has 0 radical (unpaired) electrons. The van der Waals surface area contributed by atoms with E-state index in [0.717, 1.165) is 25.7 Å². The molecule has 7 nitrogen and oxygen atoms in total. The summed E-state index contributed by atoms with van der Waals surface area (Å²) in [4.78, 5) is 24.2. The van der Waals surface area contributed by atoms with Gasteiger partial charge in [-0.25, -0.2) is 8.42 Å². The van der Waals surface area contributed by atoms with E-state index in [9.17, 15) is 18.0 Å². The van der Waals surface area contributed by atoms with Crippen LogP contribution < -0.4 is 5.73 Å². The topological polar surface area (TPSA) is 101 Å². The van der Waals surface area contributed by atoms with Crippen molar-refractivity contribution in [3.63, 3.8) is 0 Å². The molecule has 1 saturated heterocycles. The van der Waals surface area contributed by atoms with Crippen LogP contribution >= 0.6 is 22.9 Å². The van der Waals surface area contributed by atoms with E-state index in [1.807, 2.05) is 0 Å². The number of sulfonamides is 1. The molecule has 2 heterocycles. The summed E-state index contributed by atoms with van der Waals surface area (Å²) in [6.45, 7) is -0.243. The van der Waals surface area contributed by atoms with E-state index in [1.54, 1.807) is 24.3 Å². The highest BCUT2D eigenvalue weighted by Crippen LogP contribution is 2.33. The molecule has 1 aliphatic heterocycles. The van der Waals surface area contributed by atoms with Crippen molar-refractivity contribution in [1.82, 2.24) is 9.21 Å². The second-order valence-electron chi connectivity index (χ2n) is 5.37. The van der Waals surface area contributed by atoms with Gasteiger partial charge < -0.3 is 10.6 Å². The minimum Gasteiger partial charge on any atom is -0.368 e. The number of piperazine rings is 1. The van der Waals surface area contributed by atoms with Crippen LogP contribution in [0.3, 0.4) is 0 Å². The summed E-state index contributed by atoms with van der Waals surface area (Å²) >= 11 is 7.04. The molecule has 128 valence electrons. The fraction of sp³-hybridized carbons (Fsp3) is 0.286. The number of benzene rings is 1. The third-order valence-electron chi connectivity index (χ3n) is 3.68. The maximum atomic E-state index is 12.8. The molecule has 1 aliphatic rings. The molecule has 3 rings (SSSR count). The lowest BCUT2D eigenvalue weighted by molar-refractivity contribution is -0.137. The Morgan fingerprint density at radius 2 is 2.04 bits per heavy atom. The Bertz CT molecular complexity index is 925. The number of carbonyl (C=O) groups is 2. The van der Waals surface area contributed by atoms with Crippen LogP contribution in [0.15, 0.2) is 28.5 Å². The Labute approximate surface area is 147 Å². The van der Waals surface area contributed by atoms with Crippen molar-refractivity contribution in [3.05, 3.63) is 29.3 Å². The number of fused-ring (bicyclic) bond motifs is 1. The number of nitrogens with zero attached hydrogens (tertiary/aromatic N) is 2. The number of hydrogen-bond donors (Lipinski definition) is 1. The summed E-state index contributed by atoms with van der Waals surface area (Å²) in [5.41, 5.74) is 5.08. The highest BCUT2D eigenvalue weighted by molar-refractivity contribution is 7.91. The van der Waals surface area contributed by atoms with Crippen LogP contribution in [0.4, 0.5) is 0 Å². The summed E-state index contributed by atoms with van der Waals surface area (Å²) in [5, 5.41) is 1.31. The van der Waals surface area contributed by atoms with E-state index in [4.69, 9.17) is 17.3 Å². The Balaban J connectivity index is 1.85. The lowest BCUT2D eigenvalue weighted by Gasteiger charge is -2.32. The van der Waals surface area contributed by atoms with Crippen LogP contribution in [0.5, 0.6) is 0 Å². The molecular formula is C14H14ClN3O4S2. The quantitative estimate of drug-likeness (QED) is 0.841. The maximum Gasteiger partial charge on any atom is 0.253 e. The molecule has 1 fully saturated rings. The highest BCUT2D eigenvalue weighted by Gasteiger charge is 2.34. The average molecular weight is 388 g/mol. The smallest absolute Gasteiger partial charge is 0.253 e. The summed E-state index contributed by atoms with van der Waals surface area (Å²) < 4.78 is 27.6. The standard InChI is InChI=1S/C14H14ClN3O4S2/c15-10-2-1-9-5-14(23-11(9)6-10)24(21,22)18-4-3-17(7-12(16)19)13(20)8-18/h1-2,5-6H,3-4,7-8H2,(H2,16,19). The Hall–Kier alpha value is -1.68. The van der Waals surface area contributed by atoms with E-state index in [-0.39, 0.29) is 30.4 Å². The molecule has 0 aliphatic carbocycles. The van der Waals surface area contributed by atoms with Crippen LogP contribution in [0.1, 0.15) is 0 Å². The summed E-state index contributed by atoms with van der Waals surface area (Å²) in [7, 11) is -3.78. The molecule has 0 unspecified atom stereocenters. The second kappa shape index (κ2) is 6.32. The number of rotatable bonds is 4. The molecule has 10 heteroatoms. The first-order valence-electron chi connectivity index (χ1n) is 7.03. The average Bonchev–Trinajstić information content (AvgIpc) is 2.92. The first-order valence-corrected chi connectivity index (χ1v) is 9.66. The first-order chi connectivity index (χ1) is 11.3. The van der Waals surface area contributed by atoms with E-state index < -0.39 is 21.8 Å². The first kappa shape index (κ1) is 17.2. The van der Waals surface area contributed by atoms with E-state index >= 15 is 0 Å². The van der Waals surface area contributed by atoms with Gasteiger partial charge >= 0.3 is 0 Å². The number of primary amides is 1. The van der Waals surface area contributed by atoms with Gasteiger partial charge in [0.2, 0.25) is 11.8 Å². The van der Waals surface area contributed by atoms with Crippen molar-refractivity contribution in [1.29, 1.82) is 0 Å². The molecule has 0 bridgehead atoms. The van der Waals surface area contributed by atoms with Crippen molar-refractivity contribution < 1.29 is 18.0 Å².